The lowest BCUT2D eigenvalue weighted by molar-refractivity contribution is -0.919. The van der Waals surface area contributed by atoms with Gasteiger partial charge in [-0.1, -0.05) is 6.58 Å². The molecule has 0 heterocycles. The lowest BCUT2D eigenvalue weighted by Crippen LogP contribution is -2.59. The van der Waals surface area contributed by atoms with Crippen LogP contribution in [0.3, 0.4) is 0 Å². The Hall–Kier alpha value is -0.440. The first-order chi connectivity index (χ1) is 5.37. The van der Waals surface area contributed by atoms with Gasteiger partial charge in [-0.3, -0.25) is 0 Å². The molecule has 1 nitrogen and oxygen atoms in total. The highest BCUT2D eigenvalue weighted by Crippen LogP contribution is 2.42. The van der Waals surface area contributed by atoms with Crippen molar-refractivity contribution in [2.75, 3.05) is 20.6 Å². The number of likely N-dealkylation sites (N-methyl/N-ethyl adjacent to an activating group) is 1. The van der Waals surface area contributed by atoms with Crippen LogP contribution in [0.4, 0.5) is 8.78 Å². The maximum atomic E-state index is 12.5. The van der Waals surface area contributed by atoms with E-state index in [9.17, 15) is 8.78 Å². The third-order valence-electron chi connectivity index (χ3n) is 2.66. The van der Waals surface area contributed by atoms with Gasteiger partial charge in [-0.15, -0.1) is 0 Å². The van der Waals surface area contributed by atoms with Gasteiger partial charge in [0, 0.05) is 0 Å². The summed E-state index contributed by atoms with van der Waals surface area (Å²) in [6.45, 7) is 4.38. The molecule has 0 amide bonds. The van der Waals surface area contributed by atoms with Gasteiger partial charge in [0.25, 0.3) is 5.92 Å². The van der Waals surface area contributed by atoms with E-state index in [-0.39, 0.29) is 18.9 Å². The van der Waals surface area contributed by atoms with Crippen LogP contribution in [0.15, 0.2) is 12.7 Å². The van der Waals surface area contributed by atoms with Gasteiger partial charge in [-0.2, -0.15) is 0 Å². The Balaban J connectivity index is 2.45. The molecule has 0 aromatic heterocycles. The summed E-state index contributed by atoms with van der Waals surface area (Å²) >= 11 is 0. The van der Waals surface area contributed by atoms with Crippen molar-refractivity contribution in [3.8, 4) is 0 Å². The van der Waals surface area contributed by atoms with E-state index in [0.29, 0.717) is 4.48 Å². The first kappa shape index (κ1) is 9.65. The molecule has 0 bridgehead atoms. The molecule has 1 rings (SSSR count). The van der Waals surface area contributed by atoms with Crippen LogP contribution in [-0.2, 0) is 0 Å². The number of hydrogen-bond donors (Lipinski definition) is 0. The van der Waals surface area contributed by atoms with E-state index in [2.05, 4.69) is 6.58 Å². The first-order valence-electron chi connectivity index (χ1n) is 4.19. The molecule has 0 atom stereocenters. The molecule has 1 saturated carbocycles. The van der Waals surface area contributed by atoms with E-state index < -0.39 is 5.92 Å². The Morgan fingerprint density at radius 3 is 2.33 bits per heavy atom. The minimum absolute atomic E-state index is 0.0356. The van der Waals surface area contributed by atoms with E-state index in [1.54, 1.807) is 6.08 Å². The fourth-order valence-corrected chi connectivity index (χ4v) is 1.61. The Labute approximate surface area is 72.3 Å². The quantitative estimate of drug-likeness (QED) is 0.456. The Morgan fingerprint density at radius 2 is 2.00 bits per heavy atom. The number of hydrogen-bond acceptors (Lipinski definition) is 0. The van der Waals surface area contributed by atoms with E-state index >= 15 is 0 Å². The number of rotatable bonds is 3. The van der Waals surface area contributed by atoms with Gasteiger partial charge in [0.1, 0.15) is 6.04 Å². The molecule has 1 fully saturated rings. The molecule has 0 N–H and O–H groups in total. The molecule has 0 aromatic carbocycles. The predicted molar refractivity (Wildman–Crippen MR) is 45.1 cm³/mol. The van der Waals surface area contributed by atoms with Gasteiger partial charge in [0.05, 0.1) is 33.5 Å². The van der Waals surface area contributed by atoms with Gasteiger partial charge < -0.3 is 4.48 Å². The fraction of sp³-hybridized carbons (Fsp3) is 0.778. The molecule has 12 heavy (non-hydrogen) atoms. The summed E-state index contributed by atoms with van der Waals surface area (Å²) in [5, 5.41) is 0. The van der Waals surface area contributed by atoms with E-state index in [4.69, 9.17) is 0 Å². The van der Waals surface area contributed by atoms with Crippen molar-refractivity contribution >= 4 is 0 Å². The summed E-state index contributed by atoms with van der Waals surface area (Å²) in [6.07, 6.45) is 1.86. The van der Waals surface area contributed by atoms with E-state index in [1.165, 1.54) is 0 Å². The van der Waals surface area contributed by atoms with Crippen molar-refractivity contribution in [1.82, 2.24) is 0 Å². The maximum absolute atomic E-state index is 12.5. The Morgan fingerprint density at radius 1 is 1.50 bits per heavy atom. The zero-order valence-corrected chi connectivity index (χ0v) is 7.69. The van der Waals surface area contributed by atoms with Gasteiger partial charge >= 0.3 is 0 Å². The van der Waals surface area contributed by atoms with Crippen LogP contribution in [0.2, 0.25) is 0 Å². The van der Waals surface area contributed by atoms with Gasteiger partial charge in [-0.05, 0) is 6.08 Å². The maximum Gasteiger partial charge on any atom is 0.259 e. The number of halogens is 2. The molecular formula is C9H16F2N+. The smallest absolute Gasteiger partial charge is 0.259 e. The van der Waals surface area contributed by atoms with Crippen LogP contribution in [-0.4, -0.2) is 37.1 Å². The van der Waals surface area contributed by atoms with Crippen LogP contribution >= 0.6 is 0 Å². The minimum Gasteiger partial charge on any atom is -0.322 e. The number of quaternary nitrogens is 1. The monoisotopic (exact) mass is 176 g/mol. The van der Waals surface area contributed by atoms with Crippen molar-refractivity contribution in [3.63, 3.8) is 0 Å². The van der Waals surface area contributed by atoms with E-state index in [1.807, 2.05) is 14.1 Å². The van der Waals surface area contributed by atoms with Crippen molar-refractivity contribution in [3.05, 3.63) is 12.7 Å². The summed E-state index contributed by atoms with van der Waals surface area (Å²) < 4.78 is 25.7. The Bertz CT molecular complexity index is 179. The van der Waals surface area contributed by atoms with Crippen LogP contribution in [0.5, 0.6) is 0 Å². The summed E-state index contributed by atoms with van der Waals surface area (Å²) in [5.74, 6) is -2.40. The summed E-state index contributed by atoms with van der Waals surface area (Å²) in [5.41, 5.74) is 0. The second-order valence-corrected chi connectivity index (χ2v) is 4.17. The molecule has 0 aromatic rings. The third kappa shape index (κ3) is 1.83. The molecule has 0 radical (unpaired) electrons. The highest BCUT2D eigenvalue weighted by atomic mass is 19.3. The van der Waals surface area contributed by atoms with Gasteiger partial charge in [-0.25, -0.2) is 8.78 Å². The third-order valence-corrected chi connectivity index (χ3v) is 2.66. The first-order valence-corrected chi connectivity index (χ1v) is 4.19. The van der Waals surface area contributed by atoms with Gasteiger partial charge in [0.2, 0.25) is 0 Å². The van der Waals surface area contributed by atoms with Gasteiger partial charge in [0.15, 0.2) is 0 Å². The highest BCUT2D eigenvalue weighted by molar-refractivity contribution is 4.88. The van der Waals surface area contributed by atoms with Crippen LogP contribution < -0.4 is 0 Å². The second kappa shape index (κ2) is 2.80. The molecule has 70 valence electrons. The molecule has 3 heteroatoms. The SMILES string of the molecule is C=CC[N+](C)(C)C1CC(F)(F)C1. The lowest BCUT2D eigenvalue weighted by Gasteiger charge is -2.46. The molecule has 0 aliphatic heterocycles. The molecule has 1 aliphatic rings. The van der Waals surface area contributed by atoms with Crippen molar-refractivity contribution in [2.45, 2.75) is 24.8 Å². The molecular weight excluding hydrogens is 160 g/mol. The highest BCUT2D eigenvalue weighted by Gasteiger charge is 2.52. The average molecular weight is 176 g/mol. The van der Waals surface area contributed by atoms with Crippen LogP contribution in [0, 0.1) is 0 Å². The minimum atomic E-state index is -2.40. The second-order valence-electron chi connectivity index (χ2n) is 4.17. The summed E-state index contributed by atoms with van der Waals surface area (Å²) in [7, 11) is 3.95. The summed E-state index contributed by atoms with van der Waals surface area (Å²) in [4.78, 5) is 0. The van der Waals surface area contributed by atoms with Crippen molar-refractivity contribution in [2.24, 2.45) is 0 Å². The van der Waals surface area contributed by atoms with Crippen molar-refractivity contribution < 1.29 is 13.3 Å². The fourth-order valence-electron chi connectivity index (χ4n) is 1.61. The Kier molecular flexibility index (Phi) is 2.25. The van der Waals surface area contributed by atoms with Crippen LogP contribution in [0.1, 0.15) is 12.8 Å². The number of alkyl halides is 2. The zero-order chi connectivity index (χ0) is 9.41. The largest absolute Gasteiger partial charge is 0.322 e. The normalized spacial score (nSPS) is 23.3. The molecule has 0 saturated heterocycles. The standard InChI is InChI=1S/C9H16F2N/c1-4-5-12(2,3)8-6-9(10,11)7-8/h4,8H,1,5-7H2,2-3H3/q+1. The zero-order valence-electron chi connectivity index (χ0n) is 7.69. The molecule has 1 aliphatic carbocycles. The van der Waals surface area contributed by atoms with Crippen LogP contribution in [0.25, 0.3) is 0 Å². The predicted octanol–water partition coefficient (Wildman–Crippen LogP) is 2.05. The van der Waals surface area contributed by atoms with Crippen molar-refractivity contribution in [1.29, 1.82) is 0 Å². The lowest BCUT2D eigenvalue weighted by atomic mass is 9.85. The number of nitrogens with zero attached hydrogens (tertiary/aromatic N) is 1. The molecule has 0 spiro atoms. The average Bonchev–Trinajstić information content (AvgIpc) is 1.82. The van der Waals surface area contributed by atoms with E-state index in [0.717, 1.165) is 6.54 Å². The molecule has 0 unspecified atom stereocenters. The summed E-state index contributed by atoms with van der Waals surface area (Å²) in [6, 6.07) is 0.109. The topological polar surface area (TPSA) is 0 Å².